The van der Waals surface area contributed by atoms with Crippen LogP contribution < -0.4 is 5.32 Å². The molecule has 3 heterocycles. The van der Waals surface area contributed by atoms with Gasteiger partial charge >= 0.3 is 13.3 Å². The van der Waals surface area contributed by atoms with Crippen LogP contribution in [0.15, 0.2) is 54.6 Å². The van der Waals surface area contributed by atoms with Crippen molar-refractivity contribution in [3.05, 3.63) is 70.6 Å². The number of halogens is 2. The zero-order valence-electron chi connectivity index (χ0n) is 25.9. The quantitative estimate of drug-likeness (QED) is 0.307. The minimum Gasteiger partial charge on any atom is -0.339 e. The largest absolute Gasteiger partial charge is 0.399 e. The molecular formula is C31H36F2N3O8PS2. The molecule has 0 unspecified atom stereocenters. The number of nitrogens with one attached hydrogen (secondary N) is 1. The highest BCUT2D eigenvalue weighted by atomic mass is 32.2. The maximum absolute atomic E-state index is 14.3. The van der Waals surface area contributed by atoms with Crippen LogP contribution in [0.3, 0.4) is 0 Å². The van der Waals surface area contributed by atoms with Gasteiger partial charge in [0.1, 0.15) is 17.3 Å². The third-order valence-corrected chi connectivity index (χ3v) is 12.8. The molecule has 5 rings (SSSR count). The fourth-order valence-electron chi connectivity index (χ4n) is 5.99. The van der Waals surface area contributed by atoms with Crippen molar-refractivity contribution in [3.8, 4) is 0 Å². The highest BCUT2D eigenvalue weighted by Gasteiger charge is 2.50. The molecule has 0 bridgehead atoms. The van der Waals surface area contributed by atoms with E-state index in [1.54, 1.807) is 51.1 Å². The summed E-state index contributed by atoms with van der Waals surface area (Å²) in [6, 6.07) is 11.1. The summed E-state index contributed by atoms with van der Waals surface area (Å²) in [5.74, 6) is -1.68. The lowest BCUT2D eigenvalue weighted by atomic mass is 9.85. The van der Waals surface area contributed by atoms with Crippen molar-refractivity contribution in [2.24, 2.45) is 5.41 Å². The van der Waals surface area contributed by atoms with E-state index >= 15 is 0 Å². The molecule has 0 radical (unpaired) electrons. The van der Waals surface area contributed by atoms with E-state index in [1.165, 1.54) is 21.9 Å². The number of nitrogens with zero attached hydrogens (tertiary/aromatic N) is 2. The minimum absolute atomic E-state index is 0.0101. The van der Waals surface area contributed by atoms with Crippen LogP contribution in [0.4, 0.5) is 8.78 Å². The van der Waals surface area contributed by atoms with Gasteiger partial charge in [0.25, 0.3) is 5.91 Å². The van der Waals surface area contributed by atoms with E-state index in [0.717, 1.165) is 23.5 Å². The summed E-state index contributed by atoms with van der Waals surface area (Å²) in [7, 11) is -9.28. The van der Waals surface area contributed by atoms with Gasteiger partial charge in [-0.3, -0.25) is 18.9 Å². The molecule has 2 aliphatic rings. The van der Waals surface area contributed by atoms with E-state index in [9.17, 15) is 36.1 Å². The van der Waals surface area contributed by atoms with Gasteiger partial charge in [0, 0.05) is 29.9 Å². The monoisotopic (exact) mass is 711 g/mol. The second-order valence-corrected chi connectivity index (χ2v) is 18.0. The second-order valence-electron chi connectivity index (χ2n) is 13.0. The van der Waals surface area contributed by atoms with Gasteiger partial charge in [-0.15, -0.1) is 11.3 Å². The molecule has 2 fully saturated rings. The maximum Gasteiger partial charge on any atom is 0.399 e. The molecule has 47 heavy (non-hydrogen) atoms. The number of alkyl halides is 2. The Kier molecular flexibility index (Phi) is 9.45. The lowest BCUT2D eigenvalue weighted by Gasteiger charge is -2.38. The molecule has 0 saturated carbocycles. The fourth-order valence-corrected chi connectivity index (χ4v) is 9.15. The molecule has 16 heteroatoms. The Hall–Kier alpha value is -3.23. The Morgan fingerprint density at radius 3 is 2.36 bits per heavy atom. The Morgan fingerprint density at radius 2 is 1.72 bits per heavy atom. The molecule has 3 N–H and O–H groups in total. The number of sulfone groups is 1. The van der Waals surface area contributed by atoms with Crippen molar-refractivity contribution in [1.82, 2.24) is 15.1 Å². The molecular weight excluding hydrogens is 675 g/mol. The Bertz CT molecular complexity index is 1860. The fraction of sp³-hybridized carbons (Fsp3) is 0.452. The zero-order chi connectivity index (χ0) is 34.5. The Balaban J connectivity index is 1.34. The van der Waals surface area contributed by atoms with E-state index in [1.807, 2.05) is 0 Å². The van der Waals surface area contributed by atoms with E-state index in [4.69, 9.17) is 9.79 Å². The van der Waals surface area contributed by atoms with Crippen LogP contribution in [-0.4, -0.2) is 83.2 Å². The predicted molar refractivity (Wildman–Crippen MR) is 173 cm³/mol. The standard InChI is InChI=1S/C31H36F2N3O8PS2/c1-30(2,3)26(34-27(37)24-17-20-16-21(11-12-23(20)46-24)31(32,33)45(40,41)42)29(39)36-13-7-10-22(36)28(38)35-14-15-47(43,44)25(18-35)19-8-5-4-6-9-19/h4-6,8-9,11-12,16-17,22,25-26H,7,10,13-15,18H2,1-3H3,(H,34,37)(H2,40,41,42)/t22-,25-,26+/m0/s1. The van der Waals surface area contributed by atoms with Crippen LogP contribution in [0, 0.1) is 5.41 Å². The molecule has 0 spiro atoms. The van der Waals surface area contributed by atoms with Crippen molar-refractivity contribution in [1.29, 1.82) is 0 Å². The molecule has 0 aliphatic carbocycles. The first-order valence-corrected chi connectivity index (χ1v) is 19.1. The lowest BCUT2D eigenvalue weighted by Crippen LogP contribution is -2.59. The van der Waals surface area contributed by atoms with E-state index in [2.05, 4.69) is 5.32 Å². The maximum atomic E-state index is 14.3. The van der Waals surface area contributed by atoms with Crippen LogP contribution in [-0.2, 0) is 29.7 Å². The summed E-state index contributed by atoms with van der Waals surface area (Å²) >= 11 is 0.965. The van der Waals surface area contributed by atoms with Crippen molar-refractivity contribution in [2.75, 3.05) is 25.4 Å². The second kappa shape index (κ2) is 12.7. The lowest BCUT2D eigenvalue weighted by molar-refractivity contribution is -0.146. The highest BCUT2D eigenvalue weighted by Crippen LogP contribution is 2.59. The van der Waals surface area contributed by atoms with Gasteiger partial charge in [0.2, 0.25) is 11.8 Å². The van der Waals surface area contributed by atoms with E-state index < -0.39 is 63.2 Å². The van der Waals surface area contributed by atoms with Crippen LogP contribution in [0.2, 0.25) is 0 Å². The van der Waals surface area contributed by atoms with Gasteiger partial charge in [-0.2, -0.15) is 8.78 Å². The topological polar surface area (TPSA) is 161 Å². The summed E-state index contributed by atoms with van der Waals surface area (Å²) in [5, 5.41) is 2.05. The first-order valence-electron chi connectivity index (χ1n) is 15.0. The van der Waals surface area contributed by atoms with Gasteiger partial charge in [0.15, 0.2) is 9.84 Å². The zero-order valence-corrected chi connectivity index (χ0v) is 28.5. The average molecular weight is 712 g/mol. The number of carbonyl (C=O) groups is 3. The Labute approximate surface area is 275 Å². The van der Waals surface area contributed by atoms with Crippen LogP contribution in [0.1, 0.15) is 59.7 Å². The summed E-state index contributed by atoms with van der Waals surface area (Å²) in [4.78, 5) is 62.6. The summed E-state index contributed by atoms with van der Waals surface area (Å²) in [5.41, 5.74) is -5.52. The number of carbonyl (C=O) groups excluding carboxylic acids is 3. The van der Waals surface area contributed by atoms with E-state index in [-0.39, 0.29) is 41.6 Å². The van der Waals surface area contributed by atoms with Crippen molar-refractivity contribution in [2.45, 2.75) is 56.6 Å². The number of fused-ring (bicyclic) bond motifs is 1. The van der Waals surface area contributed by atoms with E-state index in [0.29, 0.717) is 23.1 Å². The average Bonchev–Trinajstić information content (AvgIpc) is 3.66. The van der Waals surface area contributed by atoms with Gasteiger partial charge in [-0.05, 0) is 47.4 Å². The van der Waals surface area contributed by atoms with Crippen molar-refractivity contribution < 1.29 is 45.9 Å². The molecule has 3 aromatic rings. The van der Waals surface area contributed by atoms with Gasteiger partial charge in [-0.25, -0.2) is 8.42 Å². The molecule has 2 saturated heterocycles. The third-order valence-electron chi connectivity index (χ3n) is 8.61. The van der Waals surface area contributed by atoms with Crippen LogP contribution in [0.5, 0.6) is 0 Å². The molecule has 11 nitrogen and oxygen atoms in total. The number of rotatable bonds is 7. The SMILES string of the molecule is CC(C)(C)[C@H](NC(=O)c1cc2cc(C(F)(F)P(=O)(O)O)ccc2s1)C(=O)N1CCC[C@H]1C(=O)N1CCS(=O)(=O)[C@H](c2ccccc2)C1. The summed E-state index contributed by atoms with van der Waals surface area (Å²) in [6.07, 6.45) is 0.922. The van der Waals surface area contributed by atoms with Gasteiger partial charge < -0.3 is 24.9 Å². The van der Waals surface area contributed by atoms with Crippen LogP contribution in [0.25, 0.3) is 10.1 Å². The normalized spacial score (nSPS) is 21.1. The number of amides is 3. The van der Waals surface area contributed by atoms with Gasteiger partial charge in [-0.1, -0.05) is 57.2 Å². The minimum atomic E-state index is -5.79. The molecule has 2 aliphatic heterocycles. The summed E-state index contributed by atoms with van der Waals surface area (Å²) < 4.78 is 66.2. The predicted octanol–water partition coefficient (Wildman–Crippen LogP) is 4.26. The molecule has 2 aromatic carbocycles. The molecule has 1 aromatic heterocycles. The number of benzene rings is 2. The molecule has 254 valence electrons. The number of likely N-dealkylation sites (tertiary alicyclic amines) is 1. The number of hydrogen-bond donors (Lipinski definition) is 3. The summed E-state index contributed by atoms with van der Waals surface area (Å²) in [6.45, 7) is 5.51. The van der Waals surface area contributed by atoms with Crippen LogP contribution >= 0.6 is 18.9 Å². The first-order chi connectivity index (χ1) is 21.8. The highest BCUT2D eigenvalue weighted by molar-refractivity contribution is 7.91. The number of hydrogen-bond acceptors (Lipinski definition) is 7. The van der Waals surface area contributed by atoms with Crippen molar-refractivity contribution >= 4 is 56.6 Å². The first kappa shape index (κ1) is 35.1. The smallest absolute Gasteiger partial charge is 0.339 e. The number of thiophene rings is 1. The molecule has 3 atom stereocenters. The van der Waals surface area contributed by atoms with Gasteiger partial charge in [0.05, 0.1) is 10.6 Å². The Morgan fingerprint density at radius 1 is 1.04 bits per heavy atom. The third kappa shape index (κ3) is 7.00. The van der Waals surface area contributed by atoms with Crippen molar-refractivity contribution in [3.63, 3.8) is 0 Å². The molecule has 3 amide bonds.